The average Bonchev–Trinajstić information content (AvgIpc) is 3.13. The molecule has 1 aliphatic heterocycles. The van der Waals surface area contributed by atoms with Gasteiger partial charge in [-0.3, -0.25) is 9.69 Å². The predicted molar refractivity (Wildman–Crippen MR) is 106 cm³/mol. The SMILES string of the molecule is CC(C)CNC(=O)[C@H](C)N1CCN(S(=O)(=O)c2ccc3c(c2)CCC3)CC1. The molecule has 0 unspecified atom stereocenters. The molecule has 0 radical (unpaired) electrons. The van der Waals surface area contributed by atoms with Crippen LogP contribution >= 0.6 is 0 Å². The van der Waals surface area contributed by atoms with Crippen LogP contribution < -0.4 is 5.32 Å². The summed E-state index contributed by atoms with van der Waals surface area (Å²) in [6.45, 7) is 8.65. The third-order valence-corrected chi connectivity index (χ3v) is 7.49. The number of hydrogen-bond donors (Lipinski definition) is 1. The van der Waals surface area contributed by atoms with Crippen molar-refractivity contribution < 1.29 is 13.2 Å². The van der Waals surface area contributed by atoms with E-state index in [4.69, 9.17) is 0 Å². The fourth-order valence-electron chi connectivity index (χ4n) is 3.81. The molecule has 1 heterocycles. The monoisotopic (exact) mass is 393 g/mol. The van der Waals surface area contributed by atoms with Gasteiger partial charge in [0.2, 0.25) is 15.9 Å². The van der Waals surface area contributed by atoms with Crippen LogP contribution in [-0.2, 0) is 27.7 Å². The van der Waals surface area contributed by atoms with Gasteiger partial charge in [0.25, 0.3) is 0 Å². The normalized spacial score (nSPS) is 19.9. The fourth-order valence-corrected chi connectivity index (χ4v) is 5.28. The Morgan fingerprint density at radius 2 is 1.74 bits per heavy atom. The maximum Gasteiger partial charge on any atom is 0.243 e. The Kier molecular flexibility index (Phi) is 6.23. The lowest BCUT2D eigenvalue weighted by Gasteiger charge is -2.36. The molecule has 1 aromatic rings. The number of carbonyl (C=O) groups excluding carboxylic acids is 1. The second-order valence-corrected chi connectivity index (χ2v) is 9.98. The summed E-state index contributed by atoms with van der Waals surface area (Å²) in [6, 6.07) is 5.32. The highest BCUT2D eigenvalue weighted by Gasteiger charge is 2.32. The summed E-state index contributed by atoms with van der Waals surface area (Å²) in [5.41, 5.74) is 2.45. The summed E-state index contributed by atoms with van der Waals surface area (Å²) in [7, 11) is -3.47. The lowest BCUT2D eigenvalue weighted by Crippen LogP contribution is -2.55. The Hall–Kier alpha value is -1.44. The summed E-state index contributed by atoms with van der Waals surface area (Å²) in [4.78, 5) is 14.7. The number of rotatable bonds is 6. The zero-order chi connectivity index (χ0) is 19.6. The second-order valence-electron chi connectivity index (χ2n) is 8.04. The topological polar surface area (TPSA) is 69.7 Å². The van der Waals surface area contributed by atoms with Crippen LogP contribution in [0.2, 0.25) is 0 Å². The van der Waals surface area contributed by atoms with E-state index in [1.807, 2.05) is 19.1 Å². The predicted octanol–water partition coefficient (Wildman–Crippen LogP) is 1.64. The second kappa shape index (κ2) is 8.29. The minimum atomic E-state index is -3.47. The molecule has 2 aliphatic rings. The van der Waals surface area contributed by atoms with Crippen molar-refractivity contribution in [2.45, 2.75) is 51.0 Å². The molecule has 1 aromatic carbocycles. The molecule has 1 aliphatic carbocycles. The van der Waals surface area contributed by atoms with E-state index in [-0.39, 0.29) is 11.9 Å². The van der Waals surface area contributed by atoms with Gasteiger partial charge in [0.05, 0.1) is 10.9 Å². The van der Waals surface area contributed by atoms with Crippen LogP contribution in [0.3, 0.4) is 0 Å². The molecular formula is C20H31N3O3S. The van der Waals surface area contributed by atoms with E-state index in [1.54, 1.807) is 10.4 Å². The Bertz CT molecular complexity index is 784. The molecule has 1 amide bonds. The van der Waals surface area contributed by atoms with Gasteiger partial charge in [0, 0.05) is 32.7 Å². The number of benzene rings is 1. The Labute approximate surface area is 163 Å². The molecule has 0 spiro atoms. The molecule has 0 bridgehead atoms. The largest absolute Gasteiger partial charge is 0.354 e. The van der Waals surface area contributed by atoms with Crippen molar-refractivity contribution in [2.75, 3.05) is 32.7 Å². The summed E-state index contributed by atoms with van der Waals surface area (Å²) in [5, 5.41) is 2.96. The number of amides is 1. The van der Waals surface area contributed by atoms with Crippen molar-refractivity contribution in [3.05, 3.63) is 29.3 Å². The smallest absolute Gasteiger partial charge is 0.243 e. The number of hydrogen-bond acceptors (Lipinski definition) is 4. The molecule has 1 fully saturated rings. The minimum absolute atomic E-state index is 0.0126. The van der Waals surface area contributed by atoms with E-state index < -0.39 is 10.0 Å². The fraction of sp³-hybridized carbons (Fsp3) is 0.650. The van der Waals surface area contributed by atoms with Gasteiger partial charge in [-0.25, -0.2) is 8.42 Å². The Morgan fingerprint density at radius 3 is 2.41 bits per heavy atom. The van der Waals surface area contributed by atoms with Crippen molar-refractivity contribution in [1.82, 2.24) is 14.5 Å². The first-order valence-corrected chi connectivity index (χ1v) is 11.4. The van der Waals surface area contributed by atoms with Gasteiger partial charge in [-0.2, -0.15) is 4.31 Å². The van der Waals surface area contributed by atoms with E-state index in [9.17, 15) is 13.2 Å². The van der Waals surface area contributed by atoms with E-state index >= 15 is 0 Å². The first-order valence-electron chi connectivity index (χ1n) is 9.92. The molecule has 27 heavy (non-hydrogen) atoms. The van der Waals surface area contributed by atoms with Gasteiger partial charge < -0.3 is 5.32 Å². The summed E-state index contributed by atoms with van der Waals surface area (Å²) in [6.07, 6.45) is 3.12. The van der Waals surface area contributed by atoms with Crippen molar-refractivity contribution >= 4 is 15.9 Å². The van der Waals surface area contributed by atoms with Gasteiger partial charge >= 0.3 is 0 Å². The van der Waals surface area contributed by atoms with Crippen LogP contribution in [0.5, 0.6) is 0 Å². The maximum absolute atomic E-state index is 13.0. The minimum Gasteiger partial charge on any atom is -0.354 e. The van der Waals surface area contributed by atoms with E-state index in [0.29, 0.717) is 43.5 Å². The first-order chi connectivity index (χ1) is 12.8. The molecule has 0 saturated carbocycles. The third kappa shape index (κ3) is 4.52. The average molecular weight is 394 g/mol. The van der Waals surface area contributed by atoms with E-state index in [0.717, 1.165) is 19.3 Å². The molecule has 3 rings (SSSR count). The quantitative estimate of drug-likeness (QED) is 0.798. The molecule has 1 N–H and O–H groups in total. The van der Waals surface area contributed by atoms with Crippen LogP contribution in [-0.4, -0.2) is 62.3 Å². The first kappa shape index (κ1) is 20.3. The third-order valence-electron chi connectivity index (χ3n) is 5.59. The van der Waals surface area contributed by atoms with Crippen LogP contribution in [0.25, 0.3) is 0 Å². The summed E-state index contributed by atoms with van der Waals surface area (Å²) in [5.74, 6) is 0.425. The van der Waals surface area contributed by atoms with Crippen LogP contribution in [0.4, 0.5) is 0 Å². The number of aryl methyl sites for hydroxylation is 2. The van der Waals surface area contributed by atoms with Gasteiger partial charge in [0.1, 0.15) is 0 Å². The summed E-state index contributed by atoms with van der Waals surface area (Å²) >= 11 is 0. The number of sulfonamides is 1. The zero-order valence-corrected chi connectivity index (χ0v) is 17.4. The van der Waals surface area contributed by atoms with Gasteiger partial charge in [0.15, 0.2) is 0 Å². The lowest BCUT2D eigenvalue weighted by atomic mass is 10.1. The van der Waals surface area contributed by atoms with E-state index in [2.05, 4.69) is 24.1 Å². The molecule has 7 heteroatoms. The van der Waals surface area contributed by atoms with Crippen LogP contribution in [0.1, 0.15) is 38.3 Å². The number of nitrogens with one attached hydrogen (secondary N) is 1. The van der Waals surface area contributed by atoms with Crippen molar-refractivity contribution in [3.8, 4) is 0 Å². The maximum atomic E-state index is 13.0. The standard InChI is InChI=1S/C20H31N3O3S/c1-15(2)14-21-20(24)16(3)22-9-11-23(12-10-22)27(25,26)19-8-7-17-5-4-6-18(17)13-19/h7-8,13,15-16H,4-6,9-12,14H2,1-3H3,(H,21,24)/t16-/m0/s1. The lowest BCUT2D eigenvalue weighted by molar-refractivity contribution is -0.126. The highest BCUT2D eigenvalue weighted by atomic mass is 32.2. The number of piperazine rings is 1. The van der Waals surface area contributed by atoms with Gasteiger partial charge in [-0.1, -0.05) is 19.9 Å². The highest BCUT2D eigenvalue weighted by molar-refractivity contribution is 7.89. The Balaban J connectivity index is 1.60. The molecule has 1 atom stereocenters. The van der Waals surface area contributed by atoms with Crippen LogP contribution in [0.15, 0.2) is 23.1 Å². The molecular weight excluding hydrogens is 362 g/mol. The zero-order valence-electron chi connectivity index (χ0n) is 16.6. The van der Waals surface area contributed by atoms with E-state index in [1.165, 1.54) is 11.1 Å². The molecule has 150 valence electrons. The number of fused-ring (bicyclic) bond motifs is 1. The molecule has 0 aromatic heterocycles. The number of carbonyl (C=O) groups is 1. The van der Waals surface area contributed by atoms with Crippen molar-refractivity contribution in [2.24, 2.45) is 5.92 Å². The Morgan fingerprint density at radius 1 is 1.07 bits per heavy atom. The van der Waals surface area contributed by atoms with Crippen molar-refractivity contribution in [3.63, 3.8) is 0 Å². The molecule has 6 nitrogen and oxygen atoms in total. The van der Waals surface area contributed by atoms with Gasteiger partial charge in [-0.05, 0) is 55.4 Å². The molecule has 1 saturated heterocycles. The van der Waals surface area contributed by atoms with Crippen molar-refractivity contribution in [1.29, 1.82) is 0 Å². The summed E-state index contributed by atoms with van der Waals surface area (Å²) < 4.78 is 27.6. The number of nitrogens with zero attached hydrogens (tertiary/aromatic N) is 2. The highest BCUT2D eigenvalue weighted by Crippen LogP contribution is 2.26. The van der Waals surface area contributed by atoms with Gasteiger partial charge in [-0.15, -0.1) is 0 Å². The van der Waals surface area contributed by atoms with Crippen LogP contribution in [0, 0.1) is 5.92 Å².